The molecule has 3 atom stereocenters. The lowest BCUT2D eigenvalue weighted by Gasteiger charge is -2.22. The molecule has 1 saturated heterocycles. The highest BCUT2D eigenvalue weighted by Gasteiger charge is 2.27. The minimum atomic E-state index is -1.52. The van der Waals surface area contributed by atoms with Crippen LogP contribution < -0.4 is 16.2 Å². The highest BCUT2D eigenvalue weighted by molar-refractivity contribution is 5.82. The lowest BCUT2D eigenvalue weighted by atomic mass is 9.97. The fraction of sp³-hybridized carbons (Fsp3) is 0.333. The number of hydrazine groups is 1. The summed E-state index contributed by atoms with van der Waals surface area (Å²) >= 11 is 0. The van der Waals surface area contributed by atoms with Crippen LogP contribution in [0.4, 0.5) is 0 Å². The van der Waals surface area contributed by atoms with Gasteiger partial charge in [0.2, 0.25) is 5.91 Å². The van der Waals surface area contributed by atoms with Gasteiger partial charge < -0.3 is 15.5 Å². The number of amides is 1. The molecule has 0 radical (unpaired) electrons. The number of benzene rings is 2. The zero-order chi connectivity index (χ0) is 19.9. The highest BCUT2D eigenvalue weighted by atomic mass is 16.4. The van der Waals surface area contributed by atoms with Crippen LogP contribution in [-0.2, 0) is 16.0 Å². The third kappa shape index (κ3) is 5.39. The average molecular weight is 383 g/mol. The molecule has 148 valence electrons. The second-order valence-corrected chi connectivity index (χ2v) is 6.97. The summed E-state index contributed by atoms with van der Waals surface area (Å²) in [4.78, 5) is 23.4. The molecule has 1 aliphatic heterocycles. The molecular formula is C21H25N3O4. The van der Waals surface area contributed by atoms with Crippen LogP contribution in [0, 0.1) is 0 Å². The Morgan fingerprint density at radius 2 is 1.75 bits per heavy atom. The molecule has 28 heavy (non-hydrogen) atoms. The first-order valence-electron chi connectivity index (χ1n) is 9.37. The van der Waals surface area contributed by atoms with E-state index in [0.29, 0.717) is 19.4 Å². The number of aliphatic hydroxyl groups excluding tert-OH is 1. The van der Waals surface area contributed by atoms with E-state index < -0.39 is 18.1 Å². The Kier molecular flexibility index (Phi) is 6.76. The van der Waals surface area contributed by atoms with Gasteiger partial charge in [-0.15, -0.1) is 0 Å². The summed E-state index contributed by atoms with van der Waals surface area (Å²) in [6.07, 6.45) is -0.484. The van der Waals surface area contributed by atoms with Crippen LogP contribution in [0.25, 0.3) is 11.1 Å². The van der Waals surface area contributed by atoms with Gasteiger partial charge in [-0.2, -0.15) is 0 Å². The van der Waals surface area contributed by atoms with Crippen molar-refractivity contribution in [3.05, 3.63) is 60.2 Å². The van der Waals surface area contributed by atoms with Crippen molar-refractivity contribution >= 4 is 11.9 Å². The van der Waals surface area contributed by atoms with E-state index >= 15 is 0 Å². The van der Waals surface area contributed by atoms with Crippen molar-refractivity contribution < 1.29 is 19.8 Å². The quantitative estimate of drug-likeness (QED) is 0.467. The summed E-state index contributed by atoms with van der Waals surface area (Å²) in [5.41, 5.74) is 8.94. The van der Waals surface area contributed by atoms with E-state index in [1.807, 2.05) is 54.6 Å². The number of aliphatic carboxylic acids is 1. The second kappa shape index (κ2) is 9.45. The van der Waals surface area contributed by atoms with E-state index in [4.69, 9.17) is 5.11 Å². The Balaban J connectivity index is 1.68. The number of carbonyl (C=O) groups is 2. The van der Waals surface area contributed by atoms with Crippen molar-refractivity contribution in [2.75, 3.05) is 6.54 Å². The molecule has 5 N–H and O–H groups in total. The molecule has 7 nitrogen and oxygen atoms in total. The smallest absolute Gasteiger partial charge is 0.332 e. The number of hydrogen-bond donors (Lipinski definition) is 5. The molecular weight excluding hydrogens is 358 g/mol. The Hall–Kier alpha value is -2.74. The molecule has 1 aliphatic rings. The van der Waals surface area contributed by atoms with Gasteiger partial charge in [0.1, 0.15) is 6.04 Å². The highest BCUT2D eigenvalue weighted by Crippen LogP contribution is 2.20. The molecule has 0 bridgehead atoms. The molecule has 2 aromatic rings. The first-order valence-corrected chi connectivity index (χ1v) is 9.37. The third-order valence-corrected chi connectivity index (χ3v) is 4.83. The Morgan fingerprint density at radius 3 is 2.36 bits per heavy atom. The van der Waals surface area contributed by atoms with Crippen molar-refractivity contribution in [3.8, 4) is 11.1 Å². The summed E-state index contributed by atoms with van der Waals surface area (Å²) in [7, 11) is 0. The molecule has 0 aromatic heterocycles. The minimum absolute atomic E-state index is 0.0539. The summed E-state index contributed by atoms with van der Waals surface area (Å²) < 4.78 is 0. The largest absolute Gasteiger partial charge is 0.479 e. The van der Waals surface area contributed by atoms with Crippen LogP contribution in [0.2, 0.25) is 0 Å². The normalized spacial score (nSPS) is 18.4. The molecule has 7 heteroatoms. The van der Waals surface area contributed by atoms with E-state index in [1.165, 1.54) is 0 Å². The number of rotatable bonds is 8. The van der Waals surface area contributed by atoms with Crippen LogP contribution in [0.15, 0.2) is 54.6 Å². The fourth-order valence-corrected chi connectivity index (χ4v) is 3.29. The maximum Gasteiger partial charge on any atom is 0.332 e. The third-order valence-electron chi connectivity index (χ3n) is 4.83. The minimum Gasteiger partial charge on any atom is -0.479 e. The van der Waals surface area contributed by atoms with Gasteiger partial charge in [-0.05, 0) is 29.5 Å². The number of carboxylic acids is 1. The molecule has 2 unspecified atom stereocenters. The zero-order valence-corrected chi connectivity index (χ0v) is 15.5. The number of hydrogen-bond acceptors (Lipinski definition) is 5. The van der Waals surface area contributed by atoms with Crippen LogP contribution in [0.5, 0.6) is 0 Å². The summed E-state index contributed by atoms with van der Waals surface area (Å²) in [6, 6.07) is 17.1. The van der Waals surface area contributed by atoms with Gasteiger partial charge in [-0.3, -0.25) is 10.2 Å². The van der Waals surface area contributed by atoms with Gasteiger partial charge in [0.15, 0.2) is 6.10 Å². The van der Waals surface area contributed by atoms with Crippen molar-refractivity contribution in [1.29, 1.82) is 0 Å². The van der Waals surface area contributed by atoms with Crippen LogP contribution in [0.1, 0.15) is 18.4 Å². The van der Waals surface area contributed by atoms with E-state index in [9.17, 15) is 14.7 Å². The molecule has 0 saturated carbocycles. The number of carboxylic acid groups (broad SMARTS) is 1. The van der Waals surface area contributed by atoms with Crippen LogP contribution >= 0.6 is 0 Å². The molecule has 2 aromatic carbocycles. The van der Waals surface area contributed by atoms with E-state index in [0.717, 1.165) is 16.7 Å². The predicted octanol–water partition coefficient (Wildman–Crippen LogP) is 1.08. The molecule has 3 rings (SSSR count). The molecule has 1 amide bonds. The van der Waals surface area contributed by atoms with Gasteiger partial charge >= 0.3 is 5.97 Å². The molecule has 1 fully saturated rings. The maximum absolute atomic E-state index is 12.4. The van der Waals surface area contributed by atoms with Crippen molar-refractivity contribution in [2.24, 2.45) is 0 Å². The maximum atomic E-state index is 12.4. The predicted molar refractivity (Wildman–Crippen MR) is 105 cm³/mol. The molecule has 1 heterocycles. The standard InChI is InChI=1S/C21H25N3O4/c25-19(21(27)28)13-17(23-20(26)18-10-11-22-24-18)12-14-6-8-16(9-7-14)15-4-2-1-3-5-15/h1-9,17-19,22,24-25H,10-13H2,(H,23,26)(H,27,28)/t17?,18?,19-/m1/s1. The summed E-state index contributed by atoms with van der Waals surface area (Å²) in [5.74, 6) is -1.49. The zero-order valence-electron chi connectivity index (χ0n) is 15.5. The van der Waals surface area contributed by atoms with Gasteiger partial charge in [0.05, 0.1) is 0 Å². The topological polar surface area (TPSA) is 111 Å². The second-order valence-electron chi connectivity index (χ2n) is 6.97. The Morgan fingerprint density at radius 1 is 1.07 bits per heavy atom. The van der Waals surface area contributed by atoms with E-state index in [-0.39, 0.29) is 18.4 Å². The molecule has 0 aliphatic carbocycles. The first-order chi connectivity index (χ1) is 13.5. The monoisotopic (exact) mass is 383 g/mol. The van der Waals surface area contributed by atoms with Crippen molar-refractivity contribution in [1.82, 2.24) is 16.2 Å². The summed E-state index contributed by atoms with van der Waals surface area (Å²) in [5, 5.41) is 21.7. The fourth-order valence-electron chi connectivity index (χ4n) is 3.29. The first kappa shape index (κ1) is 20.0. The van der Waals surface area contributed by atoms with Crippen LogP contribution in [0.3, 0.4) is 0 Å². The SMILES string of the molecule is O=C(NC(Cc1ccc(-c2ccccc2)cc1)C[C@@H](O)C(=O)O)C1CCNN1. The number of carbonyl (C=O) groups excluding carboxylic acids is 1. The van der Waals surface area contributed by atoms with Crippen molar-refractivity contribution in [2.45, 2.75) is 37.5 Å². The van der Waals surface area contributed by atoms with E-state index in [2.05, 4.69) is 16.2 Å². The Labute approximate surface area is 163 Å². The lowest BCUT2D eigenvalue weighted by Crippen LogP contribution is -2.48. The van der Waals surface area contributed by atoms with Crippen molar-refractivity contribution in [3.63, 3.8) is 0 Å². The number of nitrogens with one attached hydrogen (secondary N) is 3. The Bertz CT molecular complexity index is 789. The van der Waals surface area contributed by atoms with E-state index in [1.54, 1.807) is 0 Å². The van der Waals surface area contributed by atoms with Crippen LogP contribution in [-0.4, -0.2) is 46.8 Å². The lowest BCUT2D eigenvalue weighted by molar-refractivity contribution is -0.147. The number of aliphatic hydroxyl groups is 1. The van der Waals surface area contributed by atoms with Gasteiger partial charge in [-0.25, -0.2) is 10.2 Å². The summed E-state index contributed by atoms with van der Waals surface area (Å²) in [6.45, 7) is 0.696. The van der Waals surface area contributed by atoms with Gasteiger partial charge in [-0.1, -0.05) is 54.6 Å². The average Bonchev–Trinajstić information content (AvgIpc) is 3.24. The van der Waals surface area contributed by atoms with Gasteiger partial charge in [0.25, 0.3) is 0 Å². The molecule has 0 spiro atoms. The van der Waals surface area contributed by atoms with Gasteiger partial charge in [0, 0.05) is 19.0 Å².